The summed E-state index contributed by atoms with van der Waals surface area (Å²) in [7, 11) is 1.37. The summed E-state index contributed by atoms with van der Waals surface area (Å²) in [5.74, 6) is 1.54. The number of anilines is 2. The van der Waals surface area contributed by atoms with Crippen LogP contribution >= 0.6 is 23.1 Å². The van der Waals surface area contributed by atoms with Crippen molar-refractivity contribution in [1.82, 2.24) is 9.97 Å². The highest BCUT2D eigenvalue weighted by Gasteiger charge is 2.12. The van der Waals surface area contributed by atoms with Crippen LogP contribution in [0.2, 0.25) is 0 Å². The summed E-state index contributed by atoms with van der Waals surface area (Å²) in [4.78, 5) is 22.5. The van der Waals surface area contributed by atoms with E-state index in [1.165, 1.54) is 30.2 Å². The second kappa shape index (κ2) is 9.63. The molecule has 156 valence electrons. The van der Waals surface area contributed by atoms with Crippen molar-refractivity contribution in [1.29, 1.82) is 0 Å². The number of aryl methyl sites for hydroxylation is 1. The zero-order valence-corrected chi connectivity index (χ0v) is 18.5. The molecular weight excluding hydrogens is 430 g/mol. The molecule has 31 heavy (non-hydrogen) atoms. The van der Waals surface area contributed by atoms with Crippen molar-refractivity contribution in [3.8, 4) is 11.5 Å². The Kier molecular flexibility index (Phi) is 6.49. The van der Waals surface area contributed by atoms with E-state index in [4.69, 9.17) is 9.47 Å². The molecule has 0 aliphatic heterocycles. The standard InChI is InChI=1S/C23H19N3O3S2/c1-15-14-30-23(25-15)26-21-20(29-17-6-4-3-5-7-17)12-19(13-24-21)31-18-10-8-16(9-11-18)22(27)28-2/h3-14H,1-2H3,(H,24,25,26). The van der Waals surface area contributed by atoms with E-state index in [0.717, 1.165) is 20.6 Å². The summed E-state index contributed by atoms with van der Waals surface area (Å²) >= 11 is 3.03. The summed E-state index contributed by atoms with van der Waals surface area (Å²) in [5.41, 5.74) is 1.46. The van der Waals surface area contributed by atoms with Crippen molar-refractivity contribution in [2.24, 2.45) is 0 Å². The number of aromatic nitrogens is 2. The van der Waals surface area contributed by atoms with Crippen LogP contribution in [0, 0.1) is 6.92 Å². The molecule has 6 nitrogen and oxygen atoms in total. The van der Waals surface area contributed by atoms with Gasteiger partial charge in [-0.2, -0.15) is 0 Å². The lowest BCUT2D eigenvalue weighted by molar-refractivity contribution is 0.0600. The number of hydrogen-bond acceptors (Lipinski definition) is 8. The van der Waals surface area contributed by atoms with Crippen molar-refractivity contribution in [3.63, 3.8) is 0 Å². The molecule has 2 heterocycles. The van der Waals surface area contributed by atoms with Crippen molar-refractivity contribution < 1.29 is 14.3 Å². The largest absolute Gasteiger partial charge is 0.465 e. The van der Waals surface area contributed by atoms with Crippen LogP contribution in [0.3, 0.4) is 0 Å². The molecule has 0 amide bonds. The first-order valence-corrected chi connectivity index (χ1v) is 11.1. The van der Waals surface area contributed by atoms with Crippen molar-refractivity contribution in [3.05, 3.63) is 83.5 Å². The average molecular weight is 450 g/mol. The third-order valence-electron chi connectivity index (χ3n) is 4.15. The Bertz CT molecular complexity index is 1180. The smallest absolute Gasteiger partial charge is 0.337 e. The third kappa shape index (κ3) is 5.42. The van der Waals surface area contributed by atoms with E-state index in [0.29, 0.717) is 22.9 Å². The lowest BCUT2D eigenvalue weighted by atomic mass is 10.2. The predicted octanol–water partition coefficient (Wildman–Crippen LogP) is 6.32. The molecular formula is C23H19N3O3S2. The maximum atomic E-state index is 11.6. The van der Waals surface area contributed by atoms with Gasteiger partial charge in [0, 0.05) is 27.4 Å². The summed E-state index contributed by atoms with van der Waals surface area (Å²) in [6.45, 7) is 1.95. The van der Waals surface area contributed by atoms with Gasteiger partial charge >= 0.3 is 5.97 Å². The highest BCUT2D eigenvalue weighted by atomic mass is 32.2. The van der Waals surface area contributed by atoms with Gasteiger partial charge in [0.25, 0.3) is 0 Å². The third-order valence-corrected chi connectivity index (χ3v) is 6.00. The van der Waals surface area contributed by atoms with E-state index in [1.807, 2.05) is 60.8 Å². The van der Waals surface area contributed by atoms with Gasteiger partial charge in [0.2, 0.25) is 0 Å². The Morgan fingerprint density at radius 2 is 1.84 bits per heavy atom. The van der Waals surface area contributed by atoms with Crippen molar-refractivity contribution in [2.45, 2.75) is 16.7 Å². The number of carbonyl (C=O) groups is 1. The first-order valence-electron chi connectivity index (χ1n) is 9.39. The Balaban J connectivity index is 1.59. The summed E-state index contributed by atoms with van der Waals surface area (Å²) < 4.78 is 10.9. The molecule has 4 aromatic rings. The predicted molar refractivity (Wildman–Crippen MR) is 123 cm³/mol. The molecule has 0 spiro atoms. The highest BCUT2D eigenvalue weighted by molar-refractivity contribution is 7.99. The van der Waals surface area contributed by atoms with Gasteiger partial charge in [0.1, 0.15) is 5.75 Å². The number of benzene rings is 2. The van der Waals surface area contributed by atoms with E-state index >= 15 is 0 Å². The van der Waals surface area contributed by atoms with Gasteiger partial charge in [0.05, 0.1) is 18.4 Å². The van der Waals surface area contributed by atoms with Gasteiger partial charge in [-0.3, -0.25) is 0 Å². The number of nitrogens with zero attached hydrogens (tertiary/aromatic N) is 2. The van der Waals surface area contributed by atoms with E-state index in [1.54, 1.807) is 18.3 Å². The molecule has 0 aliphatic rings. The fourth-order valence-corrected chi connectivity index (χ4v) is 4.20. The number of methoxy groups -OCH3 is 1. The molecule has 0 bridgehead atoms. The first-order chi connectivity index (χ1) is 15.1. The maximum Gasteiger partial charge on any atom is 0.337 e. The number of carbonyl (C=O) groups excluding carboxylic acids is 1. The van der Waals surface area contributed by atoms with Crippen LogP contribution in [0.1, 0.15) is 16.1 Å². The van der Waals surface area contributed by atoms with Gasteiger partial charge in [-0.05, 0) is 43.3 Å². The fraction of sp³-hybridized carbons (Fsp3) is 0.0870. The van der Waals surface area contributed by atoms with Crippen molar-refractivity contribution in [2.75, 3.05) is 12.4 Å². The number of ether oxygens (including phenoxy) is 2. The Morgan fingerprint density at radius 1 is 1.06 bits per heavy atom. The Morgan fingerprint density at radius 3 is 2.52 bits per heavy atom. The lowest BCUT2D eigenvalue weighted by Gasteiger charge is -2.12. The lowest BCUT2D eigenvalue weighted by Crippen LogP contribution is -2.00. The molecule has 0 saturated heterocycles. The fourth-order valence-electron chi connectivity index (χ4n) is 2.70. The number of esters is 1. The molecule has 8 heteroatoms. The van der Waals surface area contributed by atoms with E-state index in [9.17, 15) is 4.79 Å². The summed E-state index contributed by atoms with van der Waals surface area (Å²) in [6.07, 6.45) is 1.78. The van der Waals surface area contributed by atoms with Crippen LogP contribution in [0.5, 0.6) is 11.5 Å². The van der Waals surface area contributed by atoms with Crippen LogP contribution in [0.25, 0.3) is 0 Å². The number of rotatable bonds is 7. The van der Waals surface area contributed by atoms with Gasteiger partial charge in [-0.15, -0.1) is 11.3 Å². The normalized spacial score (nSPS) is 10.5. The minimum atomic E-state index is -0.357. The zero-order valence-electron chi connectivity index (χ0n) is 16.9. The van der Waals surface area contributed by atoms with Crippen LogP contribution < -0.4 is 10.1 Å². The Labute approximate surface area is 188 Å². The van der Waals surface area contributed by atoms with Gasteiger partial charge in [0.15, 0.2) is 16.7 Å². The molecule has 0 aliphatic carbocycles. The molecule has 0 saturated carbocycles. The SMILES string of the molecule is COC(=O)c1ccc(Sc2cnc(Nc3nc(C)cs3)c(Oc3ccccc3)c2)cc1. The summed E-state index contributed by atoms with van der Waals surface area (Å²) in [5, 5.41) is 5.97. The second-order valence-corrected chi connectivity index (χ2v) is 8.47. The van der Waals surface area contributed by atoms with Crippen LogP contribution in [0.15, 0.2) is 82.0 Å². The number of nitrogens with one attached hydrogen (secondary N) is 1. The second-order valence-electron chi connectivity index (χ2n) is 6.47. The van der Waals surface area contributed by atoms with Crippen molar-refractivity contribution >= 4 is 40.0 Å². The molecule has 1 N–H and O–H groups in total. The highest BCUT2D eigenvalue weighted by Crippen LogP contribution is 2.36. The molecule has 0 unspecified atom stereocenters. The molecule has 0 atom stereocenters. The first kappa shape index (κ1) is 20.9. The zero-order chi connectivity index (χ0) is 21.6. The van der Waals surface area contributed by atoms with E-state index in [-0.39, 0.29) is 5.97 Å². The molecule has 2 aromatic carbocycles. The quantitative estimate of drug-likeness (QED) is 0.331. The molecule has 2 aromatic heterocycles. The van der Waals surface area contributed by atoms with Gasteiger partial charge in [-0.1, -0.05) is 30.0 Å². The van der Waals surface area contributed by atoms with Crippen LogP contribution in [-0.2, 0) is 4.74 Å². The number of thiazole rings is 1. The average Bonchev–Trinajstić information content (AvgIpc) is 3.21. The number of para-hydroxylation sites is 1. The van der Waals surface area contributed by atoms with Crippen LogP contribution in [-0.4, -0.2) is 23.0 Å². The number of hydrogen-bond donors (Lipinski definition) is 1. The van der Waals surface area contributed by atoms with E-state index < -0.39 is 0 Å². The van der Waals surface area contributed by atoms with Crippen LogP contribution in [0.4, 0.5) is 10.9 Å². The topological polar surface area (TPSA) is 73.3 Å². The monoisotopic (exact) mass is 449 g/mol. The summed E-state index contributed by atoms with van der Waals surface area (Å²) in [6, 6.07) is 18.7. The maximum absolute atomic E-state index is 11.6. The molecule has 0 radical (unpaired) electrons. The minimum Gasteiger partial charge on any atom is -0.465 e. The molecule has 4 rings (SSSR count). The Hall–Kier alpha value is -3.36. The van der Waals surface area contributed by atoms with Gasteiger partial charge in [-0.25, -0.2) is 14.8 Å². The van der Waals surface area contributed by atoms with Gasteiger partial charge < -0.3 is 14.8 Å². The molecule has 0 fully saturated rings. The van der Waals surface area contributed by atoms with E-state index in [2.05, 4.69) is 15.3 Å². The minimum absolute atomic E-state index is 0.357. The number of pyridine rings is 1.